The summed E-state index contributed by atoms with van der Waals surface area (Å²) >= 11 is 0. The van der Waals surface area contributed by atoms with Crippen LogP contribution in [0.1, 0.15) is 26.7 Å². The highest BCUT2D eigenvalue weighted by Gasteiger charge is 2.21. The van der Waals surface area contributed by atoms with E-state index in [1.54, 1.807) is 0 Å². The number of hydrogen-bond acceptors (Lipinski definition) is 4. The predicted octanol–water partition coefficient (Wildman–Crippen LogP) is 0.477. The number of ether oxygens (including phenoxy) is 1. The van der Waals surface area contributed by atoms with Crippen molar-refractivity contribution in [3.8, 4) is 0 Å². The maximum Gasteiger partial charge on any atom is 0.0900 e. The first kappa shape index (κ1) is 13.9. The van der Waals surface area contributed by atoms with Crippen LogP contribution >= 0.6 is 0 Å². The second-order valence-electron chi connectivity index (χ2n) is 4.99. The van der Waals surface area contributed by atoms with Gasteiger partial charge in [0.1, 0.15) is 0 Å². The number of aliphatic hydroxyl groups excluding tert-OH is 2. The third-order valence-corrected chi connectivity index (χ3v) is 2.95. The lowest BCUT2D eigenvalue weighted by Gasteiger charge is -2.33. The number of likely N-dealkylation sites (tertiary alicyclic amines) is 1. The van der Waals surface area contributed by atoms with Gasteiger partial charge in [0.05, 0.1) is 18.8 Å². The van der Waals surface area contributed by atoms with Crippen molar-refractivity contribution in [2.24, 2.45) is 5.92 Å². The van der Waals surface area contributed by atoms with Crippen molar-refractivity contribution in [2.45, 2.75) is 38.9 Å². The Morgan fingerprint density at radius 2 is 2.19 bits per heavy atom. The number of nitrogens with zero attached hydrogens (tertiary/aromatic N) is 1. The fraction of sp³-hybridized carbons (Fsp3) is 1.00. The maximum absolute atomic E-state index is 9.78. The van der Waals surface area contributed by atoms with Crippen molar-refractivity contribution in [2.75, 3.05) is 32.8 Å². The third kappa shape index (κ3) is 5.25. The van der Waals surface area contributed by atoms with Gasteiger partial charge in [-0.1, -0.05) is 0 Å². The fourth-order valence-electron chi connectivity index (χ4n) is 2.12. The molecule has 0 saturated carbocycles. The topological polar surface area (TPSA) is 52.9 Å². The number of aliphatic hydroxyl groups is 2. The first-order valence-electron chi connectivity index (χ1n) is 6.24. The van der Waals surface area contributed by atoms with E-state index in [9.17, 15) is 5.11 Å². The average Bonchev–Trinajstić information content (AvgIpc) is 2.26. The molecular weight excluding hydrogens is 206 g/mol. The zero-order valence-electron chi connectivity index (χ0n) is 10.4. The van der Waals surface area contributed by atoms with E-state index in [1.807, 2.05) is 13.8 Å². The van der Waals surface area contributed by atoms with Crippen molar-refractivity contribution < 1.29 is 14.9 Å². The quantitative estimate of drug-likeness (QED) is 0.698. The zero-order valence-corrected chi connectivity index (χ0v) is 10.4. The van der Waals surface area contributed by atoms with Crippen molar-refractivity contribution in [1.82, 2.24) is 4.90 Å². The second kappa shape index (κ2) is 7.22. The normalized spacial score (nSPS) is 24.9. The molecule has 0 bridgehead atoms. The Hall–Kier alpha value is -0.160. The molecule has 1 aliphatic heterocycles. The summed E-state index contributed by atoms with van der Waals surface area (Å²) in [6.45, 7) is 7.17. The molecule has 0 amide bonds. The van der Waals surface area contributed by atoms with Crippen LogP contribution in [0, 0.1) is 5.92 Å². The molecule has 1 aliphatic rings. The molecule has 1 rings (SSSR count). The van der Waals surface area contributed by atoms with Gasteiger partial charge in [0.2, 0.25) is 0 Å². The Kier molecular flexibility index (Phi) is 6.28. The molecule has 1 saturated heterocycles. The number of β-amino-alcohol motifs (C(OH)–C–C–N with tert-alkyl or cyclic N) is 1. The predicted molar refractivity (Wildman–Crippen MR) is 63.3 cm³/mol. The largest absolute Gasteiger partial charge is 0.396 e. The summed E-state index contributed by atoms with van der Waals surface area (Å²) in [5, 5.41) is 18.9. The van der Waals surface area contributed by atoms with Crippen LogP contribution in [0.15, 0.2) is 0 Å². The Bertz CT molecular complexity index is 187. The smallest absolute Gasteiger partial charge is 0.0900 e. The minimum atomic E-state index is -0.417. The lowest BCUT2D eigenvalue weighted by molar-refractivity contribution is -0.0154. The van der Waals surface area contributed by atoms with Gasteiger partial charge in [0.15, 0.2) is 0 Å². The van der Waals surface area contributed by atoms with E-state index < -0.39 is 6.10 Å². The van der Waals surface area contributed by atoms with Crippen LogP contribution in [-0.4, -0.2) is 60.2 Å². The monoisotopic (exact) mass is 231 g/mol. The lowest BCUT2D eigenvalue weighted by atomic mass is 9.99. The summed E-state index contributed by atoms with van der Waals surface area (Å²) in [7, 11) is 0. The molecule has 0 spiro atoms. The van der Waals surface area contributed by atoms with Crippen molar-refractivity contribution in [1.29, 1.82) is 0 Å². The summed E-state index contributed by atoms with van der Waals surface area (Å²) in [5.74, 6) is 0.381. The maximum atomic E-state index is 9.78. The molecule has 1 fully saturated rings. The van der Waals surface area contributed by atoms with E-state index in [2.05, 4.69) is 4.90 Å². The standard InChI is InChI=1S/C12H25NO3/c1-10(2)16-9-12(15)7-13-5-3-4-11(6-13)8-14/h10-12,14-15H,3-9H2,1-2H3. The van der Waals surface area contributed by atoms with Gasteiger partial charge in [-0.3, -0.25) is 0 Å². The first-order chi connectivity index (χ1) is 7.61. The molecule has 2 N–H and O–H groups in total. The minimum Gasteiger partial charge on any atom is -0.396 e. The highest BCUT2D eigenvalue weighted by atomic mass is 16.5. The van der Waals surface area contributed by atoms with Gasteiger partial charge in [0.25, 0.3) is 0 Å². The van der Waals surface area contributed by atoms with Crippen LogP contribution in [0.4, 0.5) is 0 Å². The summed E-state index contributed by atoms with van der Waals surface area (Å²) in [6.07, 6.45) is 1.97. The third-order valence-electron chi connectivity index (χ3n) is 2.95. The van der Waals surface area contributed by atoms with Crippen molar-refractivity contribution in [3.05, 3.63) is 0 Å². The van der Waals surface area contributed by atoms with Crippen LogP contribution < -0.4 is 0 Å². The van der Waals surface area contributed by atoms with Gasteiger partial charge in [-0.25, -0.2) is 0 Å². The second-order valence-corrected chi connectivity index (χ2v) is 4.99. The summed E-state index contributed by atoms with van der Waals surface area (Å²) in [5.41, 5.74) is 0. The molecule has 16 heavy (non-hydrogen) atoms. The van der Waals surface area contributed by atoms with Gasteiger partial charge in [-0.15, -0.1) is 0 Å². The van der Waals surface area contributed by atoms with E-state index in [-0.39, 0.29) is 12.7 Å². The fourth-order valence-corrected chi connectivity index (χ4v) is 2.12. The van der Waals surface area contributed by atoms with Crippen LogP contribution in [0.5, 0.6) is 0 Å². The van der Waals surface area contributed by atoms with E-state index in [1.165, 1.54) is 0 Å². The molecule has 0 aromatic heterocycles. The van der Waals surface area contributed by atoms with E-state index in [0.717, 1.165) is 25.9 Å². The lowest BCUT2D eigenvalue weighted by Crippen LogP contribution is -2.42. The Morgan fingerprint density at radius 1 is 1.44 bits per heavy atom. The highest BCUT2D eigenvalue weighted by molar-refractivity contribution is 4.74. The van der Waals surface area contributed by atoms with Crippen LogP contribution in [0.2, 0.25) is 0 Å². The van der Waals surface area contributed by atoms with Crippen LogP contribution in [-0.2, 0) is 4.74 Å². The van der Waals surface area contributed by atoms with Crippen molar-refractivity contribution >= 4 is 0 Å². The molecule has 2 unspecified atom stereocenters. The van der Waals surface area contributed by atoms with Gasteiger partial charge in [0, 0.05) is 19.7 Å². The van der Waals surface area contributed by atoms with Crippen molar-refractivity contribution in [3.63, 3.8) is 0 Å². The molecule has 2 atom stereocenters. The van der Waals surface area contributed by atoms with Crippen LogP contribution in [0.25, 0.3) is 0 Å². The Labute approximate surface area is 98.2 Å². The molecule has 96 valence electrons. The first-order valence-corrected chi connectivity index (χ1v) is 6.24. The average molecular weight is 231 g/mol. The minimum absolute atomic E-state index is 0.168. The molecule has 1 heterocycles. The van der Waals surface area contributed by atoms with E-state index in [0.29, 0.717) is 19.1 Å². The molecule has 4 nitrogen and oxygen atoms in total. The SMILES string of the molecule is CC(C)OCC(O)CN1CCCC(CO)C1. The van der Waals surface area contributed by atoms with Gasteiger partial charge < -0.3 is 19.8 Å². The van der Waals surface area contributed by atoms with Gasteiger partial charge >= 0.3 is 0 Å². The highest BCUT2D eigenvalue weighted by Crippen LogP contribution is 2.15. The number of hydrogen-bond donors (Lipinski definition) is 2. The van der Waals surface area contributed by atoms with E-state index >= 15 is 0 Å². The number of piperidine rings is 1. The number of rotatable bonds is 6. The molecule has 0 aromatic carbocycles. The molecule has 0 aliphatic carbocycles. The summed E-state index contributed by atoms with van der Waals surface area (Å²) in [6, 6.07) is 0. The molecular formula is C12H25NO3. The van der Waals surface area contributed by atoms with E-state index in [4.69, 9.17) is 9.84 Å². The molecule has 0 aromatic rings. The Balaban J connectivity index is 2.19. The molecule has 4 heteroatoms. The molecule has 0 radical (unpaired) electrons. The zero-order chi connectivity index (χ0) is 12.0. The summed E-state index contributed by atoms with van der Waals surface area (Å²) in [4.78, 5) is 2.22. The Morgan fingerprint density at radius 3 is 2.81 bits per heavy atom. The van der Waals surface area contributed by atoms with Crippen LogP contribution in [0.3, 0.4) is 0 Å². The summed E-state index contributed by atoms with van der Waals surface area (Å²) < 4.78 is 5.37. The van der Waals surface area contributed by atoms with Gasteiger partial charge in [-0.2, -0.15) is 0 Å². The van der Waals surface area contributed by atoms with Gasteiger partial charge in [-0.05, 0) is 39.2 Å².